The normalized spacial score (nSPS) is 11.3. The molecule has 0 aromatic carbocycles. The van der Waals surface area contributed by atoms with E-state index < -0.39 is 15.9 Å². The first-order chi connectivity index (χ1) is 13.3. The Labute approximate surface area is 169 Å². The smallest absolute Gasteiger partial charge is 0.291 e. The van der Waals surface area contributed by atoms with Crippen molar-refractivity contribution in [2.75, 3.05) is 24.8 Å². The lowest BCUT2D eigenvalue weighted by molar-refractivity contribution is 0.100. The lowest BCUT2D eigenvalue weighted by atomic mass is 10.3. The highest BCUT2D eigenvalue weighted by molar-refractivity contribution is 7.92. The maximum Gasteiger partial charge on any atom is 0.291 e. The van der Waals surface area contributed by atoms with Gasteiger partial charge < -0.3 is 9.47 Å². The number of carbonyl (C=O) groups is 1. The van der Waals surface area contributed by atoms with E-state index in [4.69, 9.17) is 9.47 Å². The molecule has 0 unspecified atom stereocenters. The Kier molecular flexibility index (Phi) is 5.58. The molecule has 148 valence electrons. The van der Waals surface area contributed by atoms with Gasteiger partial charge in [-0.1, -0.05) is 4.49 Å². The molecule has 3 rings (SSSR count). The summed E-state index contributed by atoms with van der Waals surface area (Å²) in [6.07, 6.45) is 0.916. The van der Waals surface area contributed by atoms with Crippen LogP contribution in [0.5, 0.6) is 11.8 Å². The number of aryl methyl sites for hydroxylation is 1. The molecule has 0 radical (unpaired) electrons. The Morgan fingerprint density at radius 3 is 2.50 bits per heavy atom. The Balaban J connectivity index is 2.06. The van der Waals surface area contributed by atoms with Crippen LogP contribution in [0.4, 0.5) is 5.69 Å². The van der Waals surface area contributed by atoms with Gasteiger partial charge in [0.05, 0.1) is 26.2 Å². The van der Waals surface area contributed by atoms with Crippen molar-refractivity contribution in [3.05, 3.63) is 28.9 Å². The predicted molar refractivity (Wildman–Crippen MR) is 105 cm³/mol. The number of ether oxygens (including phenoxy) is 2. The number of nitrogens with zero attached hydrogens (tertiary/aromatic N) is 5. The standard InChI is InChI=1S/C15H15N5O5S3/c1-8-12(27-19-18-8)14-16-9(7-26-14)15(21)20(28(4,22)23)10-5-6-11(24-2)17-13(10)25-3/h5-7H,1-4H3. The highest BCUT2D eigenvalue weighted by atomic mass is 32.2. The monoisotopic (exact) mass is 441 g/mol. The van der Waals surface area contributed by atoms with Gasteiger partial charge in [0.2, 0.25) is 21.8 Å². The summed E-state index contributed by atoms with van der Waals surface area (Å²) in [7, 11) is -1.28. The molecule has 3 heterocycles. The summed E-state index contributed by atoms with van der Waals surface area (Å²) in [6, 6.07) is 2.82. The van der Waals surface area contributed by atoms with E-state index in [2.05, 4.69) is 19.6 Å². The zero-order valence-electron chi connectivity index (χ0n) is 15.2. The van der Waals surface area contributed by atoms with E-state index in [9.17, 15) is 13.2 Å². The number of hydrogen-bond donors (Lipinski definition) is 0. The maximum absolute atomic E-state index is 13.0. The minimum Gasteiger partial charge on any atom is -0.481 e. The van der Waals surface area contributed by atoms with Gasteiger partial charge >= 0.3 is 0 Å². The van der Waals surface area contributed by atoms with E-state index in [1.165, 1.54) is 43.1 Å². The van der Waals surface area contributed by atoms with Crippen LogP contribution in [0, 0.1) is 6.92 Å². The number of sulfonamides is 1. The molecule has 0 saturated heterocycles. The van der Waals surface area contributed by atoms with Gasteiger partial charge in [0, 0.05) is 11.4 Å². The fourth-order valence-electron chi connectivity index (χ4n) is 2.28. The molecule has 0 bridgehead atoms. The lowest BCUT2D eigenvalue weighted by Crippen LogP contribution is -2.36. The van der Waals surface area contributed by atoms with Crippen LogP contribution in [0.25, 0.3) is 9.88 Å². The number of rotatable bonds is 6. The van der Waals surface area contributed by atoms with Gasteiger partial charge in [-0.3, -0.25) is 4.79 Å². The number of carbonyl (C=O) groups excluding carboxylic acids is 1. The molecule has 0 fully saturated rings. The summed E-state index contributed by atoms with van der Waals surface area (Å²) in [5, 5.41) is 5.93. The number of amides is 1. The fraction of sp³-hybridized carbons (Fsp3) is 0.267. The molecule has 0 aliphatic heterocycles. The van der Waals surface area contributed by atoms with E-state index in [0.717, 1.165) is 22.7 Å². The van der Waals surface area contributed by atoms with Crippen molar-refractivity contribution < 1.29 is 22.7 Å². The van der Waals surface area contributed by atoms with Crippen LogP contribution >= 0.6 is 22.9 Å². The van der Waals surface area contributed by atoms with Gasteiger partial charge in [-0.05, 0) is 24.5 Å². The first-order valence-corrected chi connectivity index (χ1v) is 11.1. The second-order valence-corrected chi connectivity index (χ2v) is 8.88. The number of hydrogen-bond acceptors (Lipinski definition) is 11. The number of pyridine rings is 1. The van der Waals surface area contributed by atoms with Crippen LogP contribution in [0.15, 0.2) is 17.5 Å². The van der Waals surface area contributed by atoms with E-state index in [1.54, 1.807) is 6.92 Å². The Morgan fingerprint density at radius 1 is 1.18 bits per heavy atom. The van der Waals surface area contributed by atoms with Gasteiger partial charge in [-0.15, -0.1) is 16.4 Å². The number of anilines is 1. The molecule has 0 saturated carbocycles. The molecule has 3 aromatic heterocycles. The van der Waals surface area contributed by atoms with Gasteiger partial charge in [0.15, 0.2) is 0 Å². The number of aromatic nitrogens is 4. The molecule has 0 atom stereocenters. The van der Waals surface area contributed by atoms with Crippen LogP contribution in [0.1, 0.15) is 16.2 Å². The average molecular weight is 442 g/mol. The van der Waals surface area contributed by atoms with Crippen molar-refractivity contribution in [2.45, 2.75) is 6.92 Å². The van der Waals surface area contributed by atoms with E-state index >= 15 is 0 Å². The summed E-state index contributed by atoms with van der Waals surface area (Å²) in [5.74, 6) is -0.688. The summed E-state index contributed by atoms with van der Waals surface area (Å²) in [5.41, 5.74) is 0.608. The maximum atomic E-state index is 13.0. The topological polar surface area (TPSA) is 124 Å². The molecule has 0 spiro atoms. The van der Waals surface area contributed by atoms with Gasteiger partial charge in [-0.2, -0.15) is 9.29 Å². The zero-order valence-corrected chi connectivity index (χ0v) is 17.7. The minimum absolute atomic E-state index is 0.0314. The molecule has 0 aliphatic rings. The van der Waals surface area contributed by atoms with Crippen molar-refractivity contribution in [3.8, 4) is 21.6 Å². The Morgan fingerprint density at radius 2 is 1.93 bits per heavy atom. The second-order valence-electron chi connectivity index (χ2n) is 5.44. The second kappa shape index (κ2) is 7.77. The quantitative estimate of drug-likeness (QED) is 0.564. The molecule has 10 nitrogen and oxygen atoms in total. The summed E-state index contributed by atoms with van der Waals surface area (Å²) in [4.78, 5) is 22.1. The van der Waals surface area contributed by atoms with Crippen molar-refractivity contribution in [1.82, 2.24) is 19.6 Å². The first-order valence-electron chi connectivity index (χ1n) is 7.64. The van der Waals surface area contributed by atoms with E-state index in [1.807, 2.05) is 0 Å². The van der Waals surface area contributed by atoms with Crippen molar-refractivity contribution >= 4 is 44.5 Å². The van der Waals surface area contributed by atoms with Gasteiger partial charge in [0.25, 0.3) is 5.91 Å². The molecule has 28 heavy (non-hydrogen) atoms. The Bertz CT molecular complexity index is 1120. The molecule has 3 aromatic rings. The number of methoxy groups -OCH3 is 2. The highest BCUT2D eigenvalue weighted by Gasteiger charge is 2.32. The molecule has 0 aliphatic carbocycles. The average Bonchev–Trinajstić information content (AvgIpc) is 3.29. The third-order valence-corrected chi connectivity index (χ3v) is 6.37. The molecule has 13 heteroatoms. The highest BCUT2D eigenvalue weighted by Crippen LogP contribution is 2.33. The zero-order chi connectivity index (χ0) is 20.5. The Hall–Kier alpha value is -2.64. The van der Waals surface area contributed by atoms with Crippen LogP contribution in [0.3, 0.4) is 0 Å². The molecular weight excluding hydrogens is 426 g/mol. The van der Waals surface area contributed by atoms with Gasteiger partial charge in [-0.25, -0.2) is 13.4 Å². The van der Waals surface area contributed by atoms with E-state index in [0.29, 0.717) is 15.0 Å². The summed E-state index contributed by atoms with van der Waals surface area (Å²) in [6.45, 7) is 1.78. The van der Waals surface area contributed by atoms with Gasteiger partial charge in [0.1, 0.15) is 21.3 Å². The predicted octanol–water partition coefficient (Wildman–Crippen LogP) is 1.99. The summed E-state index contributed by atoms with van der Waals surface area (Å²) < 4.78 is 39.4. The molecule has 1 amide bonds. The van der Waals surface area contributed by atoms with Crippen LogP contribution < -0.4 is 13.8 Å². The lowest BCUT2D eigenvalue weighted by Gasteiger charge is -2.21. The third-order valence-electron chi connectivity index (χ3n) is 3.52. The van der Waals surface area contributed by atoms with Crippen LogP contribution in [-0.2, 0) is 10.0 Å². The SMILES string of the molecule is COc1ccc(N(C(=O)c2csc(-c3snnc3C)n2)S(C)(=O)=O)c(OC)n1. The summed E-state index contributed by atoms with van der Waals surface area (Å²) >= 11 is 2.35. The number of thiazole rings is 1. The largest absolute Gasteiger partial charge is 0.481 e. The van der Waals surface area contributed by atoms with Crippen molar-refractivity contribution in [2.24, 2.45) is 0 Å². The molecule has 0 N–H and O–H groups in total. The minimum atomic E-state index is -4.00. The fourth-order valence-corrected chi connectivity index (χ4v) is 4.75. The van der Waals surface area contributed by atoms with Crippen molar-refractivity contribution in [1.29, 1.82) is 0 Å². The van der Waals surface area contributed by atoms with Crippen molar-refractivity contribution in [3.63, 3.8) is 0 Å². The van der Waals surface area contributed by atoms with E-state index in [-0.39, 0.29) is 23.1 Å². The van der Waals surface area contributed by atoms with Crippen LogP contribution in [0.2, 0.25) is 0 Å². The van der Waals surface area contributed by atoms with Crippen LogP contribution in [-0.4, -0.2) is 54.4 Å². The third kappa shape index (κ3) is 3.81. The molecular formula is C15H15N5O5S3. The first kappa shape index (κ1) is 20.1.